The van der Waals surface area contributed by atoms with Gasteiger partial charge in [0.25, 0.3) is 0 Å². The van der Waals surface area contributed by atoms with Crippen molar-refractivity contribution in [1.29, 1.82) is 0 Å². The molecule has 0 aromatic carbocycles. The van der Waals surface area contributed by atoms with Crippen LogP contribution in [0.3, 0.4) is 0 Å². The molecule has 0 saturated carbocycles. The molecule has 0 aliphatic carbocycles. The maximum absolute atomic E-state index is 8.39. The predicted octanol–water partition coefficient (Wildman–Crippen LogP) is -0.886. The van der Waals surface area contributed by atoms with Crippen LogP contribution in [0.4, 0.5) is 0 Å². The van der Waals surface area contributed by atoms with Crippen LogP contribution in [0.25, 0.3) is 0 Å². The van der Waals surface area contributed by atoms with Gasteiger partial charge < -0.3 is 0 Å². The van der Waals surface area contributed by atoms with Crippen LogP contribution in [0, 0.1) is 38.9 Å². The van der Waals surface area contributed by atoms with Gasteiger partial charge in [0.1, 0.15) is 0 Å². The normalized spacial score (nSPS) is 1.50. The van der Waals surface area contributed by atoms with Crippen molar-refractivity contribution in [1.82, 2.24) is 0 Å². The molecule has 0 spiro atoms. The minimum absolute atomic E-state index is 0.0556. The van der Waals surface area contributed by atoms with Gasteiger partial charge in [-0.15, -0.1) is 0 Å². The van der Waals surface area contributed by atoms with Crippen LogP contribution in [0.1, 0.15) is 0 Å². The summed E-state index contributed by atoms with van der Waals surface area (Å²) in [6.45, 7) is 0. The first-order chi connectivity index (χ1) is 2.00. The summed E-state index contributed by atoms with van der Waals surface area (Å²) in [7, 11) is 0. The summed E-state index contributed by atoms with van der Waals surface area (Å²) < 4.78 is 16.7. The van der Waals surface area contributed by atoms with Crippen LogP contribution in [-0.4, -0.2) is 16.2 Å². The van der Waals surface area contributed by atoms with Gasteiger partial charge in [-0.2, -0.15) is 0 Å². The molecule has 0 fully saturated rings. The molecule has 4 heteroatoms. The van der Waals surface area contributed by atoms with Crippen LogP contribution in [0.15, 0.2) is 0 Å². The second-order valence-corrected chi connectivity index (χ2v) is 0. The van der Waals surface area contributed by atoms with E-state index in [1.165, 1.54) is 0 Å². The molecule has 20 valence electrons. The van der Waals surface area contributed by atoms with Crippen molar-refractivity contribution in [3.05, 3.63) is 0 Å². The average molecular weight is 204 g/mol. The molecule has 0 heterocycles. The van der Waals surface area contributed by atoms with Gasteiger partial charge in [0.2, 0.25) is 0 Å². The Morgan fingerprint density at radius 1 is 1.25 bits per heavy atom. The topological polar surface area (TPSA) is 34.1 Å². The average Bonchev–Trinajstić information content (AvgIpc) is 1.50. The maximum atomic E-state index is 8.39. The SMILES string of the molecule is [O]=[AlH].[O]=[Nd]. The van der Waals surface area contributed by atoms with Crippen molar-refractivity contribution in [3.8, 4) is 0 Å². The summed E-state index contributed by atoms with van der Waals surface area (Å²) in [5, 5.41) is 0. The van der Waals surface area contributed by atoms with Gasteiger partial charge in [-0.1, -0.05) is 0 Å². The van der Waals surface area contributed by atoms with E-state index < -0.39 is 0 Å². The quantitative estimate of drug-likeness (QED) is 0.480. The molecule has 2 nitrogen and oxygen atoms in total. The van der Waals surface area contributed by atoms with E-state index in [0.717, 1.165) is 0 Å². The van der Waals surface area contributed by atoms with Crippen LogP contribution in [0.5, 0.6) is 0 Å². The first-order valence-corrected chi connectivity index (χ1v) is 2.38. The molecule has 0 aromatic rings. The molecule has 0 rings (SSSR count). The van der Waals surface area contributed by atoms with Crippen molar-refractivity contribution >= 4 is 16.2 Å². The number of rotatable bonds is 0. The fourth-order valence-corrected chi connectivity index (χ4v) is 0. The first kappa shape index (κ1) is 9.08. The molecule has 0 N–H and O–H groups in total. The Morgan fingerprint density at radius 2 is 1.25 bits per heavy atom. The molecular weight excluding hydrogens is 203 g/mol. The third-order valence-electron chi connectivity index (χ3n) is 0. The van der Waals surface area contributed by atoms with Gasteiger partial charge in [-0.05, 0) is 0 Å². The van der Waals surface area contributed by atoms with Crippen molar-refractivity contribution in [2.75, 3.05) is 0 Å². The third-order valence-corrected chi connectivity index (χ3v) is 0. The predicted molar refractivity (Wildman–Crippen MR) is 8.52 cm³/mol. The number of hydrogen-bond donors (Lipinski definition) is 0. The summed E-state index contributed by atoms with van der Waals surface area (Å²) >= 11 is 0.667. The van der Waals surface area contributed by atoms with E-state index in [1.54, 1.807) is 0 Å². The fourth-order valence-electron chi connectivity index (χ4n) is 0. The number of hydrogen-bond acceptors (Lipinski definition) is 2. The van der Waals surface area contributed by atoms with Gasteiger partial charge >= 0.3 is 60.0 Å². The first-order valence-electron chi connectivity index (χ1n) is 0.493. The summed E-state index contributed by atoms with van der Waals surface area (Å²) in [4.78, 5) is 0. The van der Waals surface area contributed by atoms with Crippen LogP contribution < -0.4 is 0 Å². The Labute approximate surface area is 59.1 Å². The monoisotopic (exact) mass is 202 g/mol. The zero-order valence-corrected chi connectivity index (χ0v) is 6.65. The molecule has 0 unspecified atom stereocenters. The molecule has 0 atom stereocenters. The molecule has 0 aromatic heterocycles. The van der Waals surface area contributed by atoms with Crippen molar-refractivity contribution < 1.29 is 43.7 Å². The third kappa shape index (κ3) is 9.76. The van der Waals surface area contributed by atoms with E-state index in [2.05, 4.69) is 0 Å². The van der Waals surface area contributed by atoms with Crippen LogP contribution >= 0.6 is 0 Å². The molecule has 0 aliphatic rings. The molecule has 0 amide bonds. The summed E-state index contributed by atoms with van der Waals surface area (Å²) in [6, 6.07) is 0. The van der Waals surface area contributed by atoms with Gasteiger partial charge in [0.05, 0.1) is 0 Å². The summed E-state index contributed by atoms with van der Waals surface area (Å²) in [6.07, 6.45) is 0. The van der Waals surface area contributed by atoms with Crippen molar-refractivity contribution in [2.24, 2.45) is 0 Å². The van der Waals surface area contributed by atoms with E-state index in [-0.39, 0.29) is 38.9 Å². The molecule has 0 aliphatic heterocycles. The Morgan fingerprint density at radius 3 is 1.25 bits per heavy atom. The molecule has 0 saturated heterocycles. The summed E-state index contributed by atoms with van der Waals surface area (Å²) in [5.41, 5.74) is 0. The van der Waals surface area contributed by atoms with E-state index in [4.69, 9.17) is 4.85 Å². The van der Waals surface area contributed by atoms with Crippen molar-refractivity contribution in [3.63, 3.8) is 0 Å². The van der Waals surface area contributed by atoms with E-state index >= 15 is 0 Å². The summed E-state index contributed by atoms with van der Waals surface area (Å²) in [5.74, 6) is 0. The minimum atomic E-state index is 0.0556. The Balaban J connectivity index is 0. The van der Waals surface area contributed by atoms with Crippen LogP contribution in [-0.2, 0) is 4.85 Å². The Kier molecular flexibility index (Phi) is 56.2. The van der Waals surface area contributed by atoms with Gasteiger partial charge in [0, 0.05) is 0 Å². The fraction of sp³-hybridized carbons (Fsp3) is 0. The second-order valence-electron chi connectivity index (χ2n) is 0. The molecule has 0 bridgehead atoms. The zero-order chi connectivity index (χ0) is 4.00. The Bertz CT molecular complexity index is 8.00. The van der Waals surface area contributed by atoms with Crippen LogP contribution in [0.2, 0.25) is 0 Å². The second kappa shape index (κ2) is 24.7. The van der Waals surface area contributed by atoms with Gasteiger partial charge in [0.15, 0.2) is 0 Å². The van der Waals surface area contributed by atoms with E-state index in [9.17, 15) is 0 Å². The van der Waals surface area contributed by atoms with Crippen molar-refractivity contribution in [2.45, 2.75) is 0 Å². The van der Waals surface area contributed by atoms with E-state index in [0.29, 0.717) is 16.2 Å². The molecular formula is HAlNdO2. The Hall–Kier alpha value is 1.48. The zero-order valence-electron chi connectivity index (χ0n) is 2.02. The van der Waals surface area contributed by atoms with Gasteiger partial charge in [-0.25, -0.2) is 0 Å². The molecule has 0 radical (unpaired) electrons. The van der Waals surface area contributed by atoms with Gasteiger partial charge in [-0.3, -0.25) is 0 Å². The standard InChI is InChI=1S/Al.Nd.2O.H. The van der Waals surface area contributed by atoms with E-state index in [1.807, 2.05) is 0 Å². The molecule has 4 heavy (non-hydrogen) atoms.